The lowest BCUT2D eigenvalue weighted by atomic mass is 9.92. The Labute approximate surface area is 112 Å². The van der Waals surface area contributed by atoms with Crippen molar-refractivity contribution in [3.63, 3.8) is 0 Å². The van der Waals surface area contributed by atoms with Crippen LogP contribution in [0.4, 0.5) is 5.95 Å². The van der Waals surface area contributed by atoms with Gasteiger partial charge in [-0.05, 0) is 19.8 Å². The number of rotatable bonds is 5. The van der Waals surface area contributed by atoms with Crippen LogP contribution in [0.2, 0.25) is 0 Å². The van der Waals surface area contributed by atoms with E-state index in [0.717, 1.165) is 12.8 Å². The fourth-order valence-corrected chi connectivity index (χ4v) is 2.26. The summed E-state index contributed by atoms with van der Waals surface area (Å²) in [4.78, 5) is 8.51. The van der Waals surface area contributed by atoms with Crippen molar-refractivity contribution in [2.24, 2.45) is 0 Å². The highest BCUT2D eigenvalue weighted by Crippen LogP contribution is 2.26. The van der Waals surface area contributed by atoms with Gasteiger partial charge < -0.3 is 14.8 Å². The lowest BCUT2D eigenvalue weighted by Gasteiger charge is -2.36. The minimum absolute atomic E-state index is 0.176. The van der Waals surface area contributed by atoms with Gasteiger partial charge in [-0.2, -0.15) is 4.98 Å². The summed E-state index contributed by atoms with van der Waals surface area (Å²) >= 11 is 6.08. The van der Waals surface area contributed by atoms with Crippen LogP contribution in [0.1, 0.15) is 19.8 Å². The third-order valence-corrected chi connectivity index (χ3v) is 3.52. The highest BCUT2D eigenvalue weighted by Gasteiger charge is 2.32. The van der Waals surface area contributed by atoms with E-state index < -0.39 is 0 Å². The van der Waals surface area contributed by atoms with E-state index in [9.17, 15) is 0 Å². The van der Waals surface area contributed by atoms with E-state index in [-0.39, 0.29) is 5.54 Å². The number of anilines is 1. The molecular weight excluding hydrogens is 254 g/mol. The van der Waals surface area contributed by atoms with Gasteiger partial charge in [0.2, 0.25) is 11.8 Å². The van der Waals surface area contributed by atoms with Gasteiger partial charge in [-0.3, -0.25) is 0 Å². The molecule has 1 fully saturated rings. The highest BCUT2D eigenvalue weighted by atomic mass is 35.5. The molecule has 0 atom stereocenters. The summed E-state index contributed by atoms with van der Waals surface area (Å²) in [6, 6.07) is 1.74. The minimum atomic E-state index is -0.176. The Morgan fingerprint density at radius 3 is 2.94 bits per heavy atom. The topological polar surface area (TPSA) is 56.3 Å². The first-order valence-electron chi connectivity index (χ1n) is 6.16. The molecule has 100 valence electrons. The molecule has 1 N–H and O–H groups in total. The fraction of sp³-hybridized carbons (Fsp3) is 0.667. The molecule has 1 saturated heterocycles. The molecule has 5 nitrogen and oxygen atoms in total. The van der Waals surface area contributed by atoms with E-state index in [1.54, 1.807) is 12.3 Å². The van der Waals surface area contributed by atoms with Crippen molar-refractivity contribution >= 4 is 17.5 Å². The number of hydrogen-bond donors (Lipinski definition) is 1. The van der Waals surface area contributed by atoms with Crippen molar-refractivity contribution in [2.75, 3.05) is 31.0 Å². The van der Waals surface area contributed by atoms with Gasteiger partial charge in [0.1, 0.15) is 0 Å². The largest absolute Gasteiger partial charge is 0.478 e. The number of ether oxygens (including phenoxy) is 2. The Kier molecular flexibility index (Phi) is 4.60. The number of alkyl halides is 1. The molecular formula is C12H18ClN3O2. The molecule has 1 aliphatic rings. The SMILES string of the molecule is CCOc1ccnc(NC2(CCl)CCOCC2)n1. The molecule has 0 radical (unpaired) electrons. The third-order valence-electron chi connectivity index (χ3n) is 3.00. The van der Waals surface area contributed by atoms with Crippen LogP contribution in [0.5, 0.6) is 5.88 Å². The summed E-state index contributed by atoms with van der Waals surface area (Å²) in [6.07, 6.45) is 3.40. The Balaban J connectivity index is 2.08. The fourth-order valence-electron chi connectivity index (χ4n) is 1.92. The van der Waals surface area contributed by atoms with Gasteiger partial charge in [-0.1, -0.05) is 0 Å². The van der Waals surface area contributed by atoms with E-state index in [1.165, 1.54) is 0 Å². The van der Waals surface area contributed by atoms with Crippen LogP contribution in [-0.2, 0) is 4.74 Å². The van der Waals surface area contributed by atoms with Crippen LogP contribution < -0.4 is 10.1 Å². The van der Waals surface area contributed by atoms with Crippen molar-refractivity contribution in [3.05, 3.63) is 12.3 Å². The number of halogens is 1. The van der Waals surface area contributed by atoms with Crippen LogP contribution in [0.25, 0.3) is 0 Å². The van der Waals surface area contributed by atoms with E-state index in [2.05, 4.69) is 15.3 Å². The average Bonchev–Trinajstić information content (AvgIpc) is 2.41. The predicted molar refractivity (Wildman–Crippen MR) is 70.3 cm³/mol. The van der Waals surface area contributed by atoms with Crippen LogP contribution in [0, 0.1) is 0 Å². The smallest absolute Gasteiger partial charge is 0.226 e. The van der Waals surface area contributed by atoms with Crippen LogP contribution >= 0.6 is 11.6 Å². The van der Waals surface area contributed by atoms with Crippen molar-refractivity contribution in [1.82, 2.24) is 9.97 Å². The van der Waals surface area contributed by atoms with Gasteiger partial charge in [0, 0.05) is 31.4 Å². The molecule has 6 heteroatoms. The molecule has 2 rings (SSSR count). The van der Waals surface area contributed by atoms with Crippen molar-refractivity contribution in [1.29, 1.82) is 0 Å². The second kappa shape index (κ2) is 6.20. The molecule has 0 saturated carbocycles. The van der Waals surface area contributed by atoms with Gasteiger partial charge in [-0.15, -0.1) is 11.6 Å². The molecule has 0 bridgehead atoms. The quantitative estimate of drug-likeness (QED) is 0.831. The van der Waals surface area contributed by atoms with Gasteiger partial charge in [-0.25, -0.2) is 4.98 Å². The number of hydrogen-bond acceptors (Lipinski definition) is 5. The second-order valence-corrected chi connectivity index (χ2v) is 4.57. The van der Waals surface area contributed by atoms with Crippen molar-refractivity contribution < 1.29 is 9.47 Å². The van der Waals surface area contributed by atoms with Crippen molar-refractivity contribution in [2.45, 2.75) is 25.3 Å². The average molecular weight is 272 g/mol. The Morgan fingerprint density at radius 1 is 1.50 bits per heavy atom. The van der Waals surface area contributed by atoms with Crippen LogP contribution in [-0.4, -0.2) is 41.2 Å². The maximum atomic E-state index is 6.08. The van der Waals surface area contributed by atoms with Crippen LogP contribution in [0.15, 0.2) is 12.3 Å². The number of aromatic nitrogens is 2. The van der Waals surface area contributed by atoms with E-state index in [1.807, 2.05) is 6.92 Å². The number of nitrogens with zero attached hydrogens (tertiary/aromatic N) is 2. The molecule has 2 heterocycles. The van der Waals surface area contributed by atoms with E-state index in [4.69, 9.17) is 21.1 Å². The summed E-state index contributed by atoms with van der Waals surface area (Å²) in [5, 5.41) is 3.33. The standard InChI is InChI=1S/C12H18ClN3O2/c1-2-18-10-3-6-14-11(15-10)16-12(9-13)4-7-17-8-5-12/h3,6H,2,4-5,7-9H2,1H3,(H,14,15,16). The molecule has 1 aromatic heterocycles. The third kappa shape index (κ3) is 3.23. The van der Waals surface area contributed by atoms with Crippen molar-refractivity contribution in [3.8, 4) is 5.88 Å². The minimum Gasteiger partial charge on any atom is -0.478 e. The summed E-state index contributed by atoms with van der Waals surface area (Å²) in [6.45, 7) is 3.94. The van der Waals surface area contributed by atoms with Gasteiger partial charge >= 0.3 is 0 Å². The monoisotopic (exact) mass is 271 g/mol. The first-order valence-corrected chi connectivity index (χ1v) is 6.69. The number of nitrogens with one attached hydrogen (secondary N) is 1. The van der Waals surface area contributed by atoms with Gasteiger partial charge in [0.15, 0.2) is 0 Å². The zero-order valence-electron chi connectivity index (χ0n) is 10.5. The van der Waals surface area contributed by atoms with Gasteiger partial charge in [0.25, 0.3) is 0 Å². The van der Waals surface area contributed by atoms with E-state index in [0.29, 0.717) is 37.5 Å². The van der Waals surface area contributed by atoms with Gasteiger partial charge in [0.05, 0.1) is 12.1 Å². The summed E-state index contributed by atoms with van der Waals surface area (Å²) in [5.74, 6) is 1.65. The molecule has 1 aliphatic heterocycles. The molecule has 0 spiro atoms. The lowest BCUT2D eigenvalue weighted by Crippen LogP contribution is -2.45. The molecule has 0 aromatic carbocycles. The second-order valence-electron chi connectivity index (χ2n) is 4.30. The van der Waals surface area contributed by atoms with Crippen LogP contribution in [0.3, 0.4) is 0 Å². The zero-order chi connectivity index (χ0) is 12.8. The lowest BCUT2D eigenvalue weighted by molar-refractivity contribution is 0.0665. The molecule has 1 aromatic rings. The zero-order valence-corrected chi connectivity index (χ0v) is 11.2. The highest BCUT2D eigenvalue weighted by molar-refractivity contribution is 6.18. The Morgan fingerprint density at radius 2 is 2.28 bits per heavy atom. The first kappa shape index (κ1) is 13.4. The molecule has 18 heavy (non-hydrogen) atoms. The summed E-state index contributed by atoms with van der Waals surface area (Å²) < 4.78 is 10.7. The molecule has 0 aliphatic carbocycles. The first-order chi connectivity index (χ1) is 8.78. The predicted octanol–water partition coefficient (Wildman–Crippen LogP) is 2.08. The van der Waals surface area contributed by atoms with E-state index >= 15 is 0 Å². The summed E-state index contributed by atoms with van der Waals surface area (Å²) in [7, 11) is 0. The molecule has 0 amide bonds. The summed E-state index contributed by atoms with van der Waals surface area (Å²) in [5.41, 5.74) is -0.176. The molecule has 0 unspecified atom stereocenters. The Bertz CT molecular complexity index is 383. The Hall–Kier alpha value is -1.07. The maximum Gasteiger partial charge on any atom is 0.226 e. The normalized spacial score (nSPS) is 18.3. The maximum absolute atomic E-state index is 6.08.